The molecule has 1 saturated heterocycles. The van der Waals surface area contributed by atoms with Crippen LogP contribution in [0.1, 0.15) is 51.6 Å². The van der Waals surface area contributed by atoms with Crippen LogP contribution in [0.2, 0.25) is 0 Å². The van der Waals surface area contributed by atoms with Gasteiger partial charge in [-0.1, -0.05) is 0 Å². The minimum Gasteiger partial charge on any atom is -0.352 e. The monoisotopic (exact) mass is 370 g/mol. The molecule has 6 heteroatoms. The van der Waals surface area contributed by atoms with Gasteiger partial charge in [-0.15, -0.1) is 11.3 Å². The van der Waals surface area contributed by atoms with Crippen molar-refractivity contribution in [2.45, 2.75) is 45.1 Å². The van der Waals surface area contributed by atoms with Crippen molar-refractivity contribution in [3.63, 3.8) is 0 Å². The van der Waals surface area contributed by atoms with Gasteiger partial charge in [-0.3, -0.25) is 14.7 Å². The Hall–Kier alpha value is -1.79. The fourth-order valence-corrected chi connectivity index (χ4v) is 5.16. The van der Waals surface area contributed by atoms with Gasteiger partial charge >= 0.3 is 0 Å². The highest BCUT2D eigenvalue weighted by Crippen LogP contribution is 2.28. The minimum absolute atomic E-state index is 0.0252. The van der Waals surface area contributed by atoms with Gasteiger partial charge in [0.1, 0.15) is 5.01 Å². The highest BCUT2D eigenvalue weighted by Gasteiger charge is 2.23. The highest BCUT2D eigenvalue weighted by molar-refractivity contribution is 7.11. The van der Waals surface area contributed by atoms with Gasteiger partial charge in [0.05, 0.1) is 17.8 Å². The molecule has 26 heavy (non-hydrogen) atoms. The molecular formula is C20H26N4OS. The average Bonchev–Trinajstić information content (AvgIpc) is 3.09. The zero-order valence-electron chi connectivity index (χ0n) is 15.1. The molecule has 0 saturated carbocycles. The fraction of sp³-hybridized carbons (Fsp3) is 0.550. The molecule has 2 aliphatic rings. The van der Waals surface area contributed by atoms with Crippen LogP contribution in [-0.4, -0.2) is 40.4 Å². The lowest BCUT2D eigenvalue weighted by Crippen LogP contribution is -2.40. The Morgan fingerprint density at radius 2 is 2.23 bits per heavy atom. The van der Waals surface area contributed by atoms with Crippen LogP contribution in [0.3, 0.4) is 0 Å². The Morgan fingerprint density at radius 3 is 3.08 bits per heavy atom. The third kappa shape index (κ3) is 4.30. The first-order valence-electron chi connectivity index (χ1n) is 9.66. The summed E-state index contributed by atoms with van der Waals surface area (Å²) >= 11 is 1.92. The van der Waals surface area contributed by atoms with Crippen molar-refractivity contribution in [3.8, 4) is 0 Å². The van der Waals surface area contributed by atoms with Crippen LogP contribution in [0, 0.1) is 5.92 Å². The Morgan fingerprint density at radius 1 is 1.31 bits per heavy atom. The number of hydrogen-bond donors (Lipinski definition) is 1. The molecular weight excluding hydrogens is 344 g/mol. The van der Waals surface area contributed by atoms with E-state index in [1.165, 1.54) is 47.7 Å². The molecule has 0 bridgehead atoms. The van der Waals surface area contributed by atoms with Gasteiger partial charge in [-0.25, -0.2) is 4.98 Å². The molecule has 1 unspecified atom stereocenters. The maximum Gasteiger partial charge on any atom is 0.252 e. The summed E-state index contributed by atoms with van der Waals surface area (Å²) in [5.41, 5.74) is 1.99. The minimum atomic E-state index is -0.0252. The Balaban J connectivity index is 1.28. The first-order valence-corrected chi connectivity index (χ1v) is 10.5. The van der Waals surface area contributed by atoms with Gasteiger partial charge in [0.15, 0.2) is 0 Å². The third-order valence-corrected chi connectivity index (χ3v) is 6.47. The number of fused-ring (bicyclic) bond motifs is 1. The van der Waals surface area contributed by atoms with Crippen LogP contribution in [0.4, 0.5) is 0 Å². The van der Waals surface area contributed by atoms with E-state index in [1.54, 1.807) is 24.5 Å². The molecule has 4 rings (SSSR count). The van der Waals surface area contributed by atoms with Crippen molar-refractivity contribution in [2.24, 2.45) is 5.92 Å². The van der Waals surface area contributed by atoms with E-state index in [0.717, 1.165) is 32.6 Å². The van der Waals surface area contributed by atoms with E-state index in [0.29, 0.717) is 11.5 Å². The normalized spacial score (nSPS) is 20.5. The summed E-state index contributed by atoms with van der Waals surface area (Å²) < 4.78 is 0. The van der Waals surface area contributed by atoms with Gasteiger partial charge in [0.25, 0.3) is 5.91 Å². The number of hydrogen-bond acceptors (Lipinski definition) is 5. The van der Waals surface area contributed by atoms with Crippen molar-refractivity contribution in [1.29, 1.82) is 0 Å². The second-order valence-electron chi connectivity index (χ2n) is 7.38. The van der Waals surface area contributed by atoms with Crippen molar-refractivity contribution in [1.82, 2.24) is 20.2 Å². The molecule has 0 aromatic carbocycles. The number of pyridine rings is 1. The van der Waals surface area contributed by atoms with E-state index in [-0.39, 0.29) is 5.91 Å². The summed E-state index contributed by atoms with van der Waals surface area (Å²) in [7, 11) is 0. The van der Waals surface area contributed by atoms with E-state index < -0.39 is 0 Å². The first kappa shape index (κ1) is 17.6. The molecule has 0 radical (unpaired) electrons. The van der Waals surface area contributed by atoms with Gasteiger partial charge in [0, 0.05) is 30.4 Å². The van der Waals surface area contributed by atoms with E-state index in [1.807, 2.05) is 11.3 Å². The highest BCUT2D eigenvalue weighted by atomic mass is 32.1. The summed E-state index contributed by atoms with van der Waals surface area (Å²) in [6.45, 7) is 3.87. The SMILES string of the molecule is O=C(NCC1CCCN(Cc2nc3c(s2)CCCC3)C1)c1cccnc1. The van der Waals surface area contributed by atoms with E-state index in [9.17, 15) is 4.79 Å². The lowest BCUT2D eigenvalue weighted by molar-refractivity contribution is 0.0930. The lowest BCUT2D eigenvalue weighted by Gasteiger charge is -2.32. The first-order chi connectivity index (χ1) is 12.8. The van der Waals surface area contributed by atoms with Gasteiger partial charge in [-0.2, -0.15) is 0 Å². The second-order valence-corrected chi connectivity index (χ2v) is 8.55. The molecule has 1 aliphatic carbocycles. The summed E-state index contributed by atoms with van der Waals surface area (Å²) in [6, 6.07) is 3.60. The van der Waals surface area contributed by atoms with Crippen molar-refractivity contribution in [2.75, 3.05) is 19.6 Å². The number of likely N-dealkylation sites (tertiary alicyclic amines) is 1. The summed E-state index contributed by atoms with van der Waals surface area (Å²) in [5.74, 6) is 0.488. The molecule has 2 aromatic heterocycles. The van der Waals surface area contributed by atoms with Crippen LogP contribution < -0.4 is 5.32 Å². The smallest absolute Gasteiger partial charge is 0.252 e. The Kier molecular flexibility index (Phi) is 5.60. The second kappa shape index (κ2) is 8.27. The van der Waals surface area contributed by atoms with Gasteiger partial charge in [-0.05, 0) is 63.1 Å². The standard InChI is InChI=1S/C20H26N4OS/c25-20(16-6-3-9-21-12-16)22-11-15-5-4-10-24(13-15)14-19-23-17-7-1-2-8-18(17)26-19/h3,6,9,12,15H,1-2,4-5,7-8,10-11,13-14H2,(H,22,25). The zero-order valence-corrected chi connectivity index (χ0v) is 15.9. The van der Waals surface area contributed by atoms with Crippen molar-refractivity contribution in [3.05, 3.63) is 45.7 Å². The van der Waals surface area contributed by atoms with Crippen LogP contribution >= 0.6 is 11.3 Å². The Bertz CT molecular complexity index is 722. The number of carbonyl (C=O) groups is 1. The maximum atomic E-state index is 12.2. The van der Waals surface area contributed by atoms with Gasteiger partial charge in [0.2, 0.25) is 0 Å². The molecule has 138 valence electrons. The summed E-state index contributed by atoms with van der Waals surface area (Å²) in [6.07, 6.45) is 10.7. The number of nitrogens with one attached hydrogen (secondary N) is 1. The fourth-order valence-electron chi connectivity index (χ4n) is 3.96. The van der Waals surface area contributed by atoms with Crippen LogP contribution in [0.5, 0.6) is 0 Å². The number of piperidine rings is 1. The molecule has 1 aliphatic heterocycles. The van der Waals surface area contributed by atoms with Crippen LogP contribution in [0.15, 0.2) is 24.5 Å². The molecule has 1 amide bonds. The topological polar surface area (TPSA) is 58.1 Å². The number of thiazole rings is 1. The quantitative estimate of drug-likeness (QED) is 0.879. The molecule has 2 aromatic rings. The number of aromatic nitrogens is 2. The maximum absolute atomic E-state index is 12.2. The predicted octanol–water partition coefficient (Wildman–Crippen LogP) is 3.06. The van der Waals surface area contributed by atoms with E-state index in [2.05, 4.69) is 15.2 Å². The molecule has 5 nitrogen and oxygen atoms in total. The number of amides is 1. The average molecular weight is 371 g/mol. The lowest BCUT2D eigenvalue weighted by atomic mass is 9.98. The van der Waals surface area contributed by atoms with Gasteiger partial charge < -0.3 is 5.32 Å². The largest absolute Gasteiger partial charge is 0.352 e. The van der Waals surface area contributed by atoms with Crippen LogP contribution in [-0.2, 0) is 19.4 Å². The molecule has 1 fully saturated rings. The predicted molar refractivity (Wildman–Crippen MR) is 103 cm³/mol. The zero-order chi connectivity index (χ0) is 17.8. The molecule has 1 atom stereocenters. The Labute approximate surface area is 158 Å². The molecule has 0 spiro atoms. The van der Waals surface area contributed by atoms with E-state index in [4.69, 9.17) is 4.98 Å². The molecule has 1 N–H and O–H groups in total. The number of aryl methyl sites for hydroxylation is 2. The summed E-state index contributed by atoms with van der Waals surface area (Å²) in [4.78, 5) is 25.1. The number of carbonyl (C=O) groups excluding carboxylic acids is 1. The summed E-state index contributed by atoms with van der Waals surface area (Å²) in [5, 5.41) is 4.35. The third-order valence-electron chi connectivity index (χ3n) is 5.33. The molecule has 3 heterocycles. The number of nitrogens with zero attached hydrogens (tertiary/aromatic N) is 3. The van der Waals surface area contributed by atoms with Crippen LogP contribution in [0.25, 0.3) is 0 Å². The van der Waals surface area contributed by atoms with Crippen molar-refractivity contribution < 1.29 is 4.79 Å². The van der Waals surface area contributed by atoms with Crippen molar-refractivity contribution >= 4 is 17.2 Å². The number of rotatable bonds is 5. The van der Waals surface area contributed by atoms with E-state index >= 15 is 0 Å².